The SMILES string of the molecule is C#COS(=O)(=O)NCc1ccnc2ccccc12. The first-order chi connectivity index (χ1) is 8.62. The van der Waals surface area contributed by atoms with E-state index in [1.165, 1.54) is 0 Å². The molecule has 0 radical (unpaired) electrons. The van der Waals surface area contributed by atoms with Crippen molar-refractivity contribution in [2.24, 2.45) is 0 Å². The number of nitrogens with one attached hydrogen (secondary N) is 1. The van der Waals surface area contributed by atoms with E-state index >= 15 is 0 Å². The molecule has 0 amide bonds. The van der Waals surface area contributed by atoms with Gasteiger partial charge in [-0.2, -0.15) is 13.1 Å². The zero-order chi connectivity index (χ0) is 13.0. The molecule has 1 heterocycles. The number of benzene rings is 1. The van der Waals surface area contributed by atoms with E-state index in [2.05, 4.69) is 13.9 Å². The molecule has 0 aliphatic heterocycles. The normalized spacial score (nSPS) is 11.1. The second-order valence-electron chi connectivity index (χ2n) is 3.46. The number of nitrogens with zero attached hydrogens (tertiary/aromatic N) is 1. The van der Waals surface area contributed by atoms with E-state index in [0.717, 1.165) is 16.5 Å². The van der Waals surface area contributed by atoms with Crippen LogP contribution in [0.5, 0.6) is 0 Å². The van der Waals surface area contributed by atoms with Crippen LogP contribution in [0.1, 0.15) is 5.56 Å². The molecule has 0 saturated heterocycles. The van der Waals surface area contributed by atoms with Gasteiger partial charge in [-0.25, -0.2) is 0 Å². The number of aromatic nitrogens is 1. The van der Waals surface area contributed by atoms with Gasteiger partial charge in [-0.05, 0) is 17.7 Å². The van der Waals surface area contributed by atoms with E-state index in [1.807, 2.05) is 24.3 Å². The summed E-state index contributed by atoms with van der Waals surface area (Å²) in [6, 6.07) is 9.19. The highest BCUT2D eigenvalue weighted by Crippen LogP contribution is 2.15. The summed E-state index contributed by atoms with van der Waals surface area (Å²) < 4.78 is 28.9. The van der Waals surface area contributed by atoms with Crippen LogP contribution in [0.25, 0.3) is 10.9 Å². The molecule has 0 aliphatic rings. The minimum atomic E-state index is -3.91. The summed E-state index contributed by atoms with van der Waals surface area (Å²) in [5.41, 5.74) is 1.59. The number of pyridine rings is 1. The fraction of sp³-hybridized carbons (Fsp3) is 0.0833. The number of para-hydroxylation sites is 1. The van der Waals surface area contributed by atoms with Crippen molar-refractivity contribution in [3.05, 3.63) is 42.1 Å². The summed E-state index contributed by atoms with van der Waals surface area (Å²) in [7, 11) is -3.91. The highest BCUT2D eigenvalue weighted by Gasteiger charge is 2.10. The highest BCUT2D eigenvalue weighted by atomic mass is 32.2. The van der Waals surface area contributed by atoms with Crippen molar-refractivity contribution in [3.8, 4) is 12.5 Å². The van der Waals surface area contributed by atoms with Crippen LogP contribution in [0.15, 0.2) is 36.5 Å². The van der Waals surface area contributed by atoms with Crippen molar-refractivity contribution in [2.45, 2.75) is 6.54 Å². The molecular formula is C12H10N2O3S. The Bertz CT molecular complexity index is 699. The molecule has 0 saturated carbocycles. The van der Waals surface area contributed by atoms with Crippen LogP contribution in [-0.4, -0.2) is 13.4 Å². The fourth-order valence-electron chi connectivity index (χ4n) is 1.57. The maximum absolute atomic E-state index is 11.2. The minimum absolute atomic E-state index is 0.0903. The van der Waals surface area contributed by atoms with Crippen molar-refractivity contribution in [1.29, 1.82) is 0 Å². The van der Waals surface area contributed by atoms with E-state index in [9.17, 15) is 8.42 Å². The highest BCUT2D eigenvalue weighted by molar-refractivity contribution is 7.84. The van der Waals surface area contributed by atoms with Gasteiger partial charge in [0, 0.05) is 18.1 Å². The molecule has 18 heavy (non-hydrogen) atoms. The lowest BCUT2D eigenvalue weighted by Crippen LogP contribution is -2.24. The number of terminal acetylenes is 1. The third kappa shape index (κ3) is 2.77. The zero-order valence-electron chi connectivity index (χ0n) is 9.33. The number of fused-ring (bicyclic) bond motifs is 1. The van der Waals surface area contributed by atoms with E-state index < -0.39 is 10.3 Å². The van der Waals surface area contributed by atoms with Crippen LogP contribution in [0.3, 0.4) is 0 Å². The van der Waals surface area contributed by atoms with Crippen molar-refractivity contribution in [1.82, 2.24) is 9.71 Å². The Hall–Kier alpha value is -2.10. The molecular weight excluding hydrogens is 252 g/mol. The third-order valence-corrected chi connectivity index (χ3v) is 3.15. The van der Waals surface area contributed by atoms with Crippen LogP contribution in [-0.2, 0) is 21.0 Å². The lowest BCUT2D eigenvalue weighted by atomic mass is 10.1. The van der Waals surface area contributed by atoms with Crippen molar-refractivity contribution in [3.63, 3.8) is 0 Å². The van der Waals surface area contributed by atoms with E-state index in [0.29, 0.717) is 0 Å². The lowest BCUT2D eigenvalue weighted by molar-refractivity contribution is 0.451. The third-order valence-electron chi connectivity index (χ3n) is 2.34. The quantitative estimate of drug-likeness (QED) is 0.840. The average molecular weight is 262 g/mol. The number of hydrogen-bond donors (Lipinski definition) is 1. The molecule has 0 fully saturated rings. The molecule has 0 spiro atoms. The monoisotopic (exact) mass is 262 g/mol. The van der Waals surface area contributed by atoms with Gasteiger partial charge >= 0.3 is 10.3 Å². The molecule has 0 aliphatic carbocycles. The van der Waals surface area contributed by atoms with Gasteiger partial charge in [-0.1, -0.05) is 24.6 Å². The maximum Gasteiger partial charge on any atom is 0.391 e. The predicted molar refractivity (Wildman–Crippen MR) is 67.4 cm³/mol. The molecule has 0 atom stereocenters. The average Bonchev–Trinajstić information content (AvgIpc) is 2.36. The van der Waals surface area contributed by atoms with Crippen molar-refractivity contribution in [2.75, 3.05) is 0 Å². The second-order valence-corrected chi connectivity index (χ2v) is 4.83. The van der Waals surface area contributed by atoms with Crippen LogP contribution in [0, 0.1) is 12.5 Å². The van der Waals surface area contributed by atoms with E-state index in [-0.39, 0.29) is 6.54 Å². The molecule has 0 unspecified atom stereocenters. The first kappa shape index (κ1) is 12.4. The smallest absolute Gasteiger partial charge is 0.316 e. The first-order valence-corrected chi connectivity index (χ1v) is 6.49. The molecule has 1 aromatic carbocycles. The molecule has 6 heteroatoms. The number of rotatable bonds is 4. The second kappa shape index (κ2) is 5.04. The van der Waals surface area contributed by atoms with Gasteiger partial charge in [-0.3, -0.25) is 4.98 Å². The van der Waals surface area contributed by atoms with Gasteiger partial charge in [0.25, 0.3) is 0 Å². The van der Waals surface area contributed by atoms with Gasteiger partial charge < -0.3 is 4.18 Å². The maximum atomic E-state index is 11.2. The molecule has 1 aromatic heterocycles. The minimum Gasteiger partial charge on any atom is -0.316 e. The Balaban J connectivity index is 2.26. The molecule has 5 nitrogen and oxygen atoms in total. The summed E-state index contributed by atoms with van der Waals surface area (Å²) in [6.07, 6.45) is 8.01. The molecule has 1 N–H and O–H groups in total. The van der Waals surface area contributed by atoms with Gasteiger partial charge in [0.05, 0.1) is 5.52 Å². The summed E-state index contributed by atoms with van der Waals surface area (Å²) in [5, 5.41) is 0.878. The van der Waals surface area contributed by atoms with Crippen LogP contribution in [0.4, 0.5) is 0 Å². The van der Waals surface area contributed by atoms with Gasteiger partial charge in [0.1, 0.15) is 6.11 Å². The first-order valence-electron chi connectivity index (χ1n) is 5.09. The number of hydrogen-bond acceptors (Lipinski definition) is 4. The van der Waals surface area contributed by atoms with Gasteiger partial charge in [0.15, 0.2) is 0 Å². The molecule has 2 rings (SSSR count). The van der Waals surface area contributed by atoms with Gasteiger partial charge in [-0.15, -0.1) is 0 Å². The Morgan fingerprint density at radius 3 is 2.89 bits per heavy atom. The van der Waals surface area contributed by atoms with E-state index in [1.54, 1.807) is 18.4 Å². The van der Waals surface area contributed by atoms with Crippen LogP contribution >= 0.6 is 0 Å². The Morgan fingerprint density at radius 1 is 1.33 bits per heavy atom. The van der Waals surface area contributed by atoms with Crippen molar-refractivity contribution >= 4 is 21.2 Å². The van der Waals surface area contributed by atoms with Crippen molar-refractivity contribution < 1.29 is 12.6 Å². The van der Waals surface area contributed by atoms with Gasteiger partial charge in [0.2, 0.25) is 0 Å². The summed E-state index contributed by atoms with van der Waals surface area (Å²) >= 11 is 0. The Morgan fingerprint density at radius 2 is 2.11 bits per heavy atom. The Kier molecular flexibility index (Phi) is 3.46. The predicted octanol–water partition coefficient (Wildman–Crippen LogP) is 1.18. The zero-order valence-corrected chi connectivity index (χ0v) is 10.1. The Labute approximate surface area is 105 Å². The standard InChI is InChI=1S/C12H10N2O3S/c1-2-17-18(15,16)14-9-10-7-8-13-12-6-4-3-5-11(10)12/h1,3-8,14H,9H2. The summed E-state index contributed by atoms with van der Waals surface area (Å²) in [6.45, 7) is 0.0903. The molecule has 2 aromatic rings. The molecule has 92 valence electrons. The van der Waals surface area contributed by atoms with Crippen LogP contribution in [0.2, 0.25) is 0 Å². The van der Waals surface area contributed by atoms with E-state index in [4.69, 9.17) is 6.42 Å². The molecule has 0 bridgehead atoms. The lowest BCUT2D eigenvalue weighted by Gasteiger charge is -2.06. The summed E-state index contributed by atoms with van der Waals surface area (Å²) in [5.74, 6) is 0. The summed E-state index contributed by atoms with van der Waals surface area (Å²) in [4.78, 5) is 4.18. The topological polar surface area (TPSA) is 68.3 Å². The fourth-order valence-corrected chi connectivity index (χ4v) is 2.09. The largest absolute Gasteiger partial charge is 0.391 e. The van der Waals surface area contributed by atoms with Crippen LogP contribution < -0.4 is 4.72 Å².